The average molecular weight is 503 g/mol. The van der Waals surface area contributed by atoms with Crippen molar-refractivity contribution in [3.05, 3.63) is 144 Å². The van der Waals surface area contributed by atoms with Gasteiger partial charge in [0, 0.05) is 52.4 Å². The molecule has 0 saturated carbocycles. The molecule has 4 aromatic rings. The van der Waals surface area contributed by atoms with Gasteiger partial charge in [-0.25, -0.2) is 0 Å². The van der Waals surface area contributed by atoms with Crippen LogP contribution in [-0.2, 0) is 26.2 Å². The summed E-state index contributed by atoms with van der Waals surface area (Å²) in [6, 6.07) is 44.0. The van der Waals surface area contributed by atoms with Crippen LogP contribution in [0, 0.1) is 0 Å². The number of nitrogens with zero attached hydrogens (tertiary/aromatic N) is 4. The average Bonchev–Trinajstić information content (AvgIpc) is 3.53. The van der Waals surface area contributed by atoms with Crippen LogP contribution in [0.15, 0.2) is 121 Å². The molecule has 4 nitrogen and oxygen atoms in total. The SMILES string of the molecule is c1ccc(CN2CCN(Cc3ccccc3)C2C2N(Cc3ccccc3)CCN2Cc2ccccc2)cc1. The van der Waals surface area contributed by atoms with Gasteiger partial charge in [-0.2, -0.15) is 0 Å². The van der Waals surface area contributed by atoms with E-state index >= 15 is 0 Å². The van der Waals surface area contributed by atoms with Gasteiger partial charge >= 0.3 is 0 Å². The molecule has 2 fully saturated rings. The first-order chi connectivity index (χ1) is 18.8. The van der Waals surface area contributed by atoms with E-state index < -0.39 is 0 Å². The largest absolute Gasteiger partial charge is 0.280 e. The van der Waals surface area contributed by atoms with Crippen molar-refractivity contribution in [3.63, 3.8) is 0 Å². The summed E-state index contributed by atoms with van der Waals surface area (Å²) < 4.78 is 0. The van der Waals surface area contributed by atoms with Gasteiger partial charge < -0.3 is 0 Å². The number of hydrogen-bond donors (Lipinski definition) is 0. The molecular weight excluding hydrogens is 464 g/mol. The highest BCUT2D eigenvalue weighted by molar-refractivity contribution is 5.19. The predicted octanol–water partition coefficient (Wildman–Crippen LogP) is 5.67. The smallest absolute Gasteiger partial charge is 0.0928 e. The van der Waals surface area contributed by atoms with Gasteiger partial charge in [-0.3, -0.25) is 19.6 Å². The standard InChI is InChI=1S/C34H38N4/c1-5-13-29(14-6-1)25-35-21-22-36(26-30-15-7-2-8-16-30)33(35)34-37(27-31-17-9-3-10-18-31)23-24-38(34)28-32-19-11-4-12-20-32/h1-20,33-34H,21-28H2. The minimum absolute atomic E-state index is 0.310. The van der Waals surface area contributed by atoms with Gasteiger partial charge in [0.1, 0.15) is 0 Å². The molecule has 0 atom stereocenters. The molecule has 0 spiro atoms. The zero-order valence-corrected chi connectivity index (χ0v) is 22.1. The molecule has 4 aromatic carbocycles. The van der Waals surface area contributed by atoms with E-state index in [2.05, 4.69) is 141 Å². The van der Waals surface area contributed by atoms with Crippen LogP contribution in [0.2, 0.25) is 0 Å². The fraction of sp³-hybridized carbons (Fsp3) is 0.294. The fourth-order valence-corrected chi connectivity index (χ4v) is 6.22. The van der Waals surface area contributed by atoms with Gasteiger partial charge in [-0.05, 0) is 22.3 Å². The van der Waals surface area contributed by atoms with E-state index in [0.717, 1.165) is 52.4 Å². The van der Waals surface area contributed by atoms with Crippen LogP contribution in [0.25, 0.3) is 0 Å². The fourth-order valence-electron chi connectivity index (χ4n) is 6.22. The van der Waals surface area contributed by atoms with Crippen molar-refractivity contribution in [1.82, 2.24) is 19.6 Å². The van der Waals surface area contributed by atoms with E-state index in [4.69, 9.17) is 0 Å². The molecule has 38 heavy (non-hydrogen) atoms. The van der Waals surface area contributed by atoms with E-state index in [1.807, 2.05) is 0 Å². The molecular formula is C34H38N4. The van der Waals surface area contributed by atoms with E-state index in [1.165, 1.54) is 22.3 Å². The van der Waals surface area contributed by atoms with Gasteiger partial charge in [-0.1, -0.05) is 121 Å². The van der Waals surface area contributed by atoms with E-state index in [9.17, 15) is 0 Å². The summed E-state index contributed by atoms with van der Waals surface area (Å²) in [5, 5.41) is 0. The number of benzene rings is 4. The maximum absolute atomic E-state index is 2.73. The maximum atomic E-state index is 2.73. The molecule has 0 amide bonds. The van der Waals surface area contributed by atoms with Gasteiger partial charge in [-0.15, -0.1) is 0 Å². The normalized spacial score (nSPS) is 18.4. The monoisotopic (exact) mass is 502 g/mol. The van der Waals surface area contributed by atoms with E-state index in [-0.39, 0.29) is 0 Å². The second-order valence-electron chi connectivity index (χ2n) is 10.7. The van der Waals surface area contributed by atoms with Crippen molar-refractivity contribution < 1.29 is 0 Å². The summed E-state index contributed by atoms with van der Waals surface area (Å²) in [4.78, 5) is 10.9. The summed E-state index contributed by atoms with van der Waals surface area (Å²) in [5.74, 6) is 0. The highest BCUT2D eigenvalue weighted by Gasteiger charge is 2.45. The predicted molar refractivity (Wildman–Crippen MR) is 155 cm³/mol. The van der Waals surface area contributed by atoms with Crippen molar-refractivity contribution in [1.29, 1.82) is 0 Å². The Labute approximate surface area is 227 Å². The Bertz CT molecular complexity index is 1050. The van der Waals surface area contributed by atoms with Crippen LogP contribution in [-0.4, -0.2) is 58.1 Å². The Morgan fingerprint density at radius 1 is 0.342 bits per heavy atom. The maximum Gasteiger partial charge on any atom is 0.0928 e. The first-order valence-corrected chi connectivity index (χ1v) is 14.0. The lowest BCUT2D eigenvalue weighted by Crippen LogP contribution is -2.57. The molecule has 0 radical (unpaired) electrons. The Morgan fingerprint density at radius 2 is 0.553 bits per heavy atom. The molecule has 2 aliphatic heterocycles. The second-order valence-corrected chi connectivity index (χ2v) is 10.7. The van der Waals surface area contributed by atoms with Crippen molar-refractivity contribution >= 4 is 0 Å². The van der Waals surface area contributed by atoms with E-state index in [1.54, 1.807) is 0 Å². The Morgan fingerprint density at radius 3 is 0.763 bits per heavy atom. The topological polar surface area (TPSA) is 13.0 Å². The Hall–Kier alpha value is -3.28. The summed E-state index contributed by atoms with van der Waals surface area (Å²) in [6.45, 7) is 8.25. The molecule has 2 heterocycles. The molecule has 0 aliphatic carbocycles. The summed E-state index contributed by atoms with van der Waals surface area (Å²) in [5.41, 5.74) is 5.56. The molecule has 4 heteroatoms. The van der Waals surface area contributed by atoms with Crippen LogP contribution in [0.4, 0.5) is 0 Å². The highest BCUT2D eigenvalue weighted by atomic mass is 15.5. The lowest BCUT2D eigenvalue weighted by molar-refractivity contribution is -0.0216. The zero-order chi connectivity index (χ0) is 25.6. The lowest BCUT2D eigenvalue weighted by atomic mass is 10.1. The van der Waals surface area contributed by atoms with Gasteiger partial charge in [0.15, 0.2) is 0 Å². The number of rotatable bonds is 9. The molecule has 6 rings (SSSR count). The molecule has 0 bridgehead atoms. The van der Waals surface area contributed by atoms with Gasteiger partial charge in [0.25, 0.3) is 0 Å². The Balaban J connectivity index is 1.34. The lowest BCUT2D eigenvalue weighted by Gasteiger charge is -2.42. The molecule has 0 unspecified atom stereocenters. The summed E-state index contributed by atoms with van der Waals surface area (Å²) in [7, 11) is 0. The molecule has 0 aromatic heterocycles. The molecule has 2 saturated heterocycles. The minimum atomic E-state index is 0.310. The molecule has 0 N–H and O–H groups in total. The summed E-state index contributed by atoms with van der Waals surface area (Å²) in [6.07, 6.45) is 0.621. The van der Waals surface area contributed by atoms with Crippen LogP contribution >= 0.6 is 0 Å². The van der Waals surface area contributed by atoms with Gasteiger partial charge in [0.05, 0.1) is 12.3 Å². The van der Waals surface area contributed by atoms with Crippen molar-refractivity contribution in [2.45, 2.75) is 38.5 Å². The van der Waals surface area contributed by atoms with Crippen LogP contribution in [0.5, 0.6) is 0 Å². The quantitative estimate of drug-likeness (QED) is 0.292. The van der Waals surface area contributed by atoms with Crippen LogP contribution in [0.1, 0.15) is 22.3 Å². The molecule has 2 aliphatic rings. The third-order valence-corrected chi connectivity index (χ3v) is 8.03. The molecule has 194 valence electrons. The third-order valence-electron chi connectivity index (χ3n) is 8.03. The number of hydrogen-bond acceptors (Lipinski definition) is 4. The first-order valence-electron chi connectivity index (χ1n) is 14.0. The van der Waals surface area contributed by atoms with Crippen molar-refractivity contribution in [3.8, 4) is 0 Å². The van der Waals surface area contributed by atoms with Crippen molar-refractivity contribution in [2.75, 3.05) is 26.2 Å². The zero-order valence-electron chi connectivity index (χ0n) is 22.1. The van der Waals surface area contributed by atoms with Crippen LogP contribution in [0.3, 0.4) is 0 Å². The highest BCUT2D eigenvalue weighted by Crippen LogP contribution is 2.32. The first kappa shape index (κ1) is 25.0. The third kappa shape index (κ3) is 5.90. The van der Waals surface area contributed by atoms with Crippen molar-refractivity contribution in [2.24, 2.45) is 0 Å². The minimum Gasteiger partial charge on any atom is -0.280 e. The second kappa shape index (κ2) is 12.1. The van der Waals surface area contributed by atoms with E-state index in [0.29, 0.717) is 12.3 Å². The van der Waals surface area contributed by atoms with Gasteiger partial charge in [0.2, 0.25) is 0 Å². The summed E-state index contributed by atoms with van der Waals surface area (Å²) >= 11 is 0. The Kier molecular flexibility index (Phi) is 7.94. The van der Waals surface area contributed by atoms with Crippen LogP contribution < -0.4 is 0 Å².